The SMILES string of the molecule is Cc1ccc(C(Br)c2ccc3c(c2)oc(=O)n3C)cc1. The number of aromatic nitrogens is 1. The molecular formula is C16H14BrNO2. The maximum Gasteiger partial charge on any atom is 0.419 e. The molecule has 0 aliphatic carbocycles. The molecule has 0 aliphatic heterocycles. The van der Waals surface area contributed by atoms with Gasteiger partial charge >= 0.3 is 5.76 Å². The lowest BCUT2D eigenvalue weighted by molar-refractivity contribution is 0.528. The summed E-state index contributed by atoms with van der Waals surface area (Å²) in [5.74, 6) is -0.335. The summed E-state index contributed by atoms with van der Waals surface area (Å²) in [6.07, 6.45) is 0. The van der Waals surface area contributed by atoms with Crippen molar-refractivity contribution in [3.63, 3.8) is 0 Å². The highest BCUT2D eigenvalue weighted by atomic mass is 79.9. The van der Waals surface area contributed by atoms with Crippen molar-refractivity contribution in [2.24, 2.45) is 7.05 Å². The van der Waals surface area contributed by atoms with Gasteiger partial charge in [0.15, 0.2) is 5.58 Å². The largest absolute Gasteiger partial charge is 0.419 e. The molecule has 0 amide bonds. The summed E-state index contributed by atoms with van der Waals surface area (Å²) in [6.45, 7) is 2.07. The lowest BCUT2D eigenvalue weighted by Crippen LogP contribution is -2.08. The second-order valence-corrected chi connectivity index (χ2v) is 5.84. The Morgan fingerprint density at radius 1 is 1.10 bits per heavy atom. The molecule has 3 aromatic rings. The van der Waals surface area contributed by atoms with Gasteiger partial charge in [-0.25, -0.2) is 4.79 Å². The molecule has 1 unspecified atom stereocenters. The predicted molar refractivity (Wildman–Crippen MR) is 83.4 cm³/mol. The normalized spacial score (nSPS) is 12.8. The van der Waals surface area contributed by atoms with Crippen LogP contribution in [0.25, 0.3) is 11.1 Å². The van der Waals surface area contributed by atoms with E-state index < -0.39 is 0 Å². The lowest BCUT2D eigenvalue weighted by atomic mass is 10.0. The van der Waals surface area contributed by atoms with Gasteiger partial charge in [-0.05, 0) is 30.2 Å². The Morgan fingerprint density at radius 3 is 2.45 bits per heavy atom. The second-order valence-electron chi connectivity index (χ2n) is 4.93. The third kappa shape index (κ3) is 2.20. The van der Waals surface area contributed by atoms with Crippen LogP contribution in [0.4, 0.5) is 0 Å². The number of aryl methyl sites for hydroxylation is 2. The first-order valence-electron chi connectivity index (χ1n) is 6.36. The zero-order valence-electron chi connectivity index (χ0n) is 11.3. The average Bonchev–Trinajstić information content (AvgIpc) is 2.74. The van der Waals surface area contributed by atoms with Crippen LogP contribution < -0.4 is 5.76 Å². The van der Waals surface area contributed by atoms with Crippen molar-refractivity contribution in [1.29, 1.82) is 0 Å². The zero-order valence-corrected chi connectivity index (χ0v) is 12.8. The minimum absolute atomic E-state index is 0.0815. The summed E-state index contributed by atoms with van der Waals surface area (Å²) in [7, 11) is 1.71. The number of hydrogen-bond donors (Lipinski definition) is 0. The van der Waals surface area contributed by atoms with Gasteiger partial charge in [-0.15, -0.1) is 0 Å². The summed E-state index contributed by atoms with van der Waals surface area (Å²) in [5.41, 5.74) is 4.90. The maximum absolute atomic E-state index is 11.5. The molecule has 0 radical (unpaired) electrons. The van der Waals surface area contributed by atoms with E-state index in [2.05, 4.69) is 47.1 Å². The molecule has 0 bridgehead atoms. The summed E-state index contributed by atoms with van der Waals surface area (Å²) >= 11 is 3.70. The molecule has 3 nitrogen and oxygen atoms in total. The number of fused-ring (bicyclic) bond motifs is 1. The van der Waals surface area contributed by atoms with Crippen LogP contribution in [0.1, 0.15) is 21.5 Å². The standard InChI is InChI=1S/C16H14BrNO2/c1-10-3-5-11(6-4-10)15(17)12-7-8-13-14(9-12)20-16(19)18(13)2/h3-9,15H,1-2H3. The molecular weight excluding hydrogens is 318 g/mol. The van der Waals surface area contributed by atoms with E-state index in [0.717, 1.165) is 11.1 Å². The highest BCUT2D eigenvalue weighted by Crippen LogP contribution is 2.32. The fourth-order valence-electron chi connectivity index (χ4n) is 2.24. The highest BCUT2D eigenvalue weighted by molar-refractivity contribution is 9.09. The molecule has 4 heteroatoms. The number of benzene rings is 2. The van der Waals surface area contributed by atoms with Crippen LogP contribution in [-0.4, -0.2) is 4.57 Å². The number of alkyl halides is 1. The van der Waals surface area contributed by atoms with Crippen LogP contribution >= 0.6 is 15.9 Å². The van der Waals surface area contributed by atoms with Crippen molar-refractivity contribution in [3.8, 4) is 0 Å². The van der Waals surface area contributed by atoms with Crippen molar-refractivity contribution < 1.29 is 4.42 Å². The van der Waals surface area contributed by atoms with Crippen LogP contribution in [0.5, 0.6) is 0 Å². The summed E-state index contributed by atoms with van der Waals surface area (Å²) < 4.78 is 6.74. The zero-order chi connectivity index (χ0) is 14.3. The summed E-state index contributed by atoms with van der Waals surface area (Å²) in [4.78, 5) is 11.6. The van der Waals surface area contributed by atoms with Gasteiger partial charge in [0.25, 0.3) is 0 Å². The van der Waals surface area contributed by atoms with E-state index in [-0.39, 0.29) is 10.6 Å². The Morgan fingerprint density at radius 2 is 1.75 bits per heavy atom. The molecule has 0 saturated heterocycles. The Kier molecular flexibility index (Phi) is 3.26. The van der Waals surface area contributed by atoms with Gasteiger partial charge in [0.1, 0.15) is 0 Å². The third-order valence-electron chi connectivity index (χ3n) is 3.48. The van der Waals surface area contributed by atoms with Gasteiger partial charge < -0.3 is 4.42 Å². The van der Waals surface area contributed by atoms with Crippen molar-refractivity contribution in [3.05, 3.63) is 69.7 Å². The van der Waals surface area contributed by atoms with Crippen molar-refractivity contribution >= 4 is 27.0 Å². The van der Waals surface area contributed by atoms with Gasteiger partial charge in [-0.3, -0.25) is 4.57 Å². The molecule has 3 rings (SSSR count). The van der Waals surface area contributed by atoms with E-state index >= 15 is 0 Å². The highest BCUT2D eigenvalue weighted by Gasteiger charge is 2.13. The topological polar surface area (TPSA) is 35.1 Å². The molecule has 0 spiro atoms. The van der Waals surface area contributed by atoms with E-state index in [1.54, 1.807) is 7.05 Å². The number of nitrogens with zero attached hydrogens (tertiary/aromatic N) is 1. The first kappa shape index (κ1) is 13.2. The Balaban J connectivity index is 2.05. The lowest BCUT2D eigenvalue weighted by Gasteiger charge is -2.11. The van der Waals surface area contributed by atoms with Gasteiger partial charge in [-0.1, -0.05) is 51.8 Å². The molecule has 102 valence electrons. The van der Waals surface area contributed by atoms with Crippen LogP contribution in [0.3, 0.4) is 0 Å². The van der Waals surface area contributed by atoms with Crippen LogP contribution in [-0.2, 0) is 7.05 Å². The minimum atomic E-state index is -0.335. The quantitative estimate of drug-likeness (QED) is 0.667. The Labute approximate surface area is 125 Å². The van der Waals surface area contributed by atoms with Crippen LogP contribution in [0.2, 0.25) is 0 Å². The summed E-state index contributed by atoms with van der Waals surface area (Å²) in [6, 6.07) is 14.2. The maximum atomic E-state index is 11.5. The molecule has 1 heterocycles. The number of oxazole rings is 1. The molecule has 1 aromatic heterocycles. The Bertz CT molecular complexity index is 815. The second kappa shape index (κ2) is 4.94. The van der Waals surface area contributed by atoms with Crippen LogP contribution in [0.15, 0.2) is 51.7 Å². The number of rotatable bonds is 2. The van der Waals surface area contributed by atoms with E-state index in [1.807, 2.05) is 18.2 Å². The molecule has 2 aromatic carbocycles. The third-order valence-corrected chi connectivity index (χ3v) is 4.54. The fourth-order valence-corrected chi connectivity index (χ4v) is 2.83. The molecule has 20 heavy (non-hydrogen) atoms. The number of halogens is 1. The predicted octanol–water partition coefficient (Wildman–Crippen LogP) is 3.92. The van der Waals surface area contributed by atoms with Gasteiger partial charge in [0.2, 0.25) is 0 Å². The van der Waals surface area contributed by atoms with E-state index in [1.165, 1.54) is 15.7 Å². The van der Waals surface area contributed by atoms with Gasteiger partial charge in [0, 0.05) is 7.05 Å². The van der Waals surface area contributed by atoms with Gasteiger partial charge in [0.05, 0.1) is 10.3 Å². The molecule has 1 atom stereocenters. The smallest absolute Gasteiger partial charge is 0.408 e. The molecule has 0 N–H and O–H groups in total. The fraction of sp³-hybridized carbons (Fsp3) is 0.188. The van der Waals surface area contributed by atoms with Gasteiger partial charge in [-0.2, -0.15) is 0 Å². The van der Waals surface area contributed by atoms with E-state index in [9.17, 15) is 4.79 Å². The van der Waals surface area contributed by atoms with Crippen molar-refractivity contribution in [2.75, 3.05) is 0 Å². The van der Waals surface area contributed by atoms with Crippen molar-refractivity contribution in [2.45, 2.75) is 11.8 Å². The molecule has 0 fully saturated rings. The van der Waals surface area contributed by atoms with E-state index in [4.69, 9.17) is 4.42 Å². The molecule has 0 saturated carbocycles. The van der Waals surface area contributed by atoms with Crippen molar-refractivity contribution in [1.82, 2.24) is 4.57 Å². The average molecular weight is 332 g/mol. The first-order valence-corrected chi connectivity index (χ1v) is 7.28. The van der Waals surface area contributed by atoms with Crippen LogP contribution in [0, 0.1) is 6.92 Å². The van der Waals surface area contributed by atoms with E-state index in [0.29, 0.717) is 5.58 Å². The monoisotopic (exact) mass is 331 g/mol. The Hall–Kier alpha value is -1.81. The minimum Gasteiger partial charge on any atom is -0.408 e. The first-order chi connectivity index (χ1) is 9.56. The summed E-state index contributed by atoms with van der Waals surface area (Å²) in [5, 5.41) is 0. The number of hydrogen-bond acceptors (Lipinski definition) is 2. The molecule has 0 aliphatic rings.